The lowest BCUT2D eigenvalue weighted by Crippen LogP contribution is -2.63. The van der Waals surface area contributed by atoms with E-state index in [1.54, 1.807) is 56.7 Å². The van der Waals surface area contributed by atoms with Crippen LogP contribution in [0, 0.1) is 23.7 Å². The normalized spacial score (nSPS) is 34.8. The lowest BCUT2D eigenvalue weighted by molar-refractivity contribution is -0.304. The summed E-state index contributed by atoms with van der Waals surface area (Å²) in [6.07, 6.45) is 0.0649. The van der Waals surface area contributed by atoms with Crippen molar-refractivity contribution >= 4 is 22.7 Å². The number of cyclic esters (lactones) is 1. The van der Waals surface area contributed by atoms with Crippen LogP contribution >= 0.6 is 0 Å². The highest BCUT2D eigenvalue weighted by molar-refractivity contribution is 5.91. The number of nitrogens with zero attached hydrogens (tertiary/aromatic N) is 5. The Hall–Kier alpha value is -4.63. The SMILES string of the molecule is CC[C@H]1OC(=O)C[C@@H](O)[C@H](C)[C@@H](O[C@@H]2O[C@H](C)[C@@H](O)C(N(C)C)C2O)[C@@H](CCn2cc(-c3cnc4ccccc4c3)nn2)C[C@@H](C)C(=O)/C=C/C(C)=C/[C@@H]1CO[C@@H]1OC(C)C(O)=C(OC)CC1OC. The molecule has 0 bridgehead atoms. The summed E-state index contributed by atoms with van der Waals surface area (Å²) < 4.78 is 44.4. The Morgan fingerprint density at radius 3 is 2.43 bits per heavy atom. The van der Waals surface area contributed by atoms with Crippen LogP contribution < -0.4 is 0 Å². The van der Waals surface area contributed by atoms with E-state index in [1.165, 1.54) is 20.3 Å². The Morgan fingerprint density at radius 2 is 1.72 bits per heavy atom. The number of aliphatic hydroxyl groups is 4. The fraction of sp³-hybridized carbons (Fsp3) is 0.627. The summed E-state index contributed by atoms with van der Waals surface area (Å²) in [6.45, 7) is 11.1. The van der Waals surface area contributed by atoms with Crippen LogP contribution in [0.15, 0.2) is 78.0 Å². The monoisotopic (exact) mass is 964 g/mol. The van der Waals surface area contributed by atoms with Crippen LogP contribution in [-0.4, -0.2) is 159 Å². The molecule has 18 nitrogen and oxygen atoms in total. The van der Waals surface area contributed by atoms with E-state index in [4.69, 9.17) is 33.2 Å². The average Bonchev–Trinajstić information content (AvgIpc) is 3.77. The first-order valence-corrected chi connectivity index (χ1v) is 24.0. The van der Waals surface area contributed by atoms with Gasteiger partial charge in [-0.05, 0) is 78.3 Å². The van der Waals surface area contributed by atoms with E-state index in [0.717, 1.165) is 22.0 Å². The van der Waals surface area contributed by atoms with E-state index < -0.39 is 104 Å². The Bertz CT molecular complexity index is 2270. The number of aliphatic hydroxyl groups excluding tert-OH is 4. The molecule has 4 unspecified atom stereocenters. The second-order valence-corrected chi connectivity index (χ2v) is 19.1. The van der Waals surface area contributed by atoms with Crippen molar-refractivity contribution in [2.75, 3.05) is 34.9 Å². The van der Waals surface area contributed by atoms with Gasteiger partial charge in [0.15, 0.2) is 24.1 Å². The zero-order chi connectivity index (χ0) is 50.1. The molecule has 15 atom stereocenters. The van der Waals surface area contributed by atoms with Gasteiger partial charge in [0.1, 0.15) is 35.9 Å². The number of pyridine rings is 1. The molecule has 2 aromatic heterocycles. The summed E-state index contributed by atoms with van der Waals surface area (Å²) in [5.41, 5.74) is 3.01. The highest BCUT2D eigenvalue weighted by atomic mass is 16.7. The van der Waals surface area contributed by atoms with Gasteiger partial charge in [-0.15, -0.1) is 5.10 Å². The van der Waals surface area contributed by atoms with Gasteiger partial charge in [-0.25, -0.2) is 0 Å². The average molecular weight is 964 g/mol. The summed E-state index contributed by atoms with van der Waals surface area (Å²) in [4.78, 5) is 34.4. The van der Waals surface area contributed by atoms with Crippen molar-refractivity contribution in [1.82, 2.24) is 24.9 Å². The zero-order valence-corrected chi connectivity index (χ0v) is 41.6. The maximum atomic E-state index is 14.1. The number of carbonyl (C=O) groups excluding carboxylic acids is 2. The van der Waals surface area contributed by atoms with E-state index in [9.17, 15) is 30.0 Å². The van der Waals surface area contributed by atoms with Crippen LogP contribution in [-0.2, 0) is 49.3 Å². The number of benzene rings is 1. The number of carbonyl (C=O) groups is 2. The molecule has 5 heterocycles. The van der Waals surface area contributed by atoms with Crippen molar-refractivity contribution in [2.45, 2.75) is 148 Å². The third-order valence-corrected chi connectivity index (χ3v) is 13.8. The molecule has 1 saturated heterocycles. The molecule has 0 amide bonds. The maximum Gasteiger partial charge on any atom is 0.308 e. The second kappa shape index (κ2) is 24.5. The van der Waals surface area contributed by atoms with E-state index in [-0.39, 0.29) is 31.0 Å². The molecule has 69 heavy (non-hydrogen) atoms. The van der Waals surface area contributed by atoms with Gasteiger partial charge in [0.2, 0.25) is 0 Å². The summed E-state index contributed by atoms with van der Waals surface area (Å²) in [6, 6.07) is 9.07. The molecular weight excluding hydrogens is 891 g/mol. The number of likely N-dealkylation sites (N-methyl/N-ethyl adjacent to an activating group) is 1. The molecule has 0 spiro atoms. The van der Waals surface area contributed by atoms with Crippen molar-refractivity contribution in [3.8, 4) is 11.3 Å². The molecule has 380 valence electrons. The molecule has 1 fully saturated rings. The minimum absolute atomic E-state index is 0.00930. The third-order valence-electron chi connectivity index (χ3n) is 13.8. The quantitative estimate of drug-likeness (QED) is 0.159. The molecular formula is C51H73N5O13. The number of aryl methyl sites for hydroxylation is 1. The van der Waals surface area contributed by atoms with Crippen molar-refractivity contribution < 1.29 is 63.2 Å². The molecule has 3 aliphatic heterocycles. The lowest BCUT2D eigenvalue weighted by Gasteiger charge is -2.46. The molecule has 1 aromatic carbocycles. The Labute approximate surface area is 405 Å². The van der Waals surface area contributed by atoms with E-state index >= 15 is 0 Å². The first-order valence-electron chi connectivity index (χ1n) is 24.0. The lowest BCUT2D eigenvalue weighted by atomic mass is 9.79. The van der Waals surface area contributed by atoms with Gasteiger partial charge in [-0.2, -0.15) is 0 Å². The van der Waals surface area contributed by atoms with Gasteiger partial charge in [-0.1, -0.05) is 61.9 Å². The Kier molecular flexibility index (Phi) is 19.0. The number of hydrogen-bond donors (Lipinski definition) is 4. The van der Waals surface area contributed by atoms with Crippen LogP contribution in [0.2, 0.25) is 0 Å². The maximum absolute atomic E-state index is 14.1. The molecule has 6 rings (SSSR count). The van der Waals surface area contributed by atoms with Gasteiger partial charge >= 0.3 is 5.97 Å². The van der Waals surface area contributed by atoms with E-state index in [2.05, 4.69) is 15.3 Å². The predicted molar refractivity (Wildman–Crippen MR) is 255 cm³/mol. The minimum atomic E-state index is -1.31. The number of rotatable bonds is 13. The summed E-state index contributed by atoms with van der Waals surface area (Å²) >= 11 is 0. The smallest absolute Gasteiger partial charge is 0.308 e. The molecule has 4 N–H and O–H groups in total. The zero-order valence-electron chi connectivity index (χ0n) is 41.6. The van der Waals surface area contributed by atoms with E-state index in [1.807, 2.05) is 63.4 Å². The molecule has 0 aliphatic carbocycles. The molecule has 3 aliphatic rings. The van der Waals surface area contributed by atoms with Gasteiger partial charge in [0, 0.05) is 55.0 Å². The largest absolute Gasteiger partial charge is 0.506 e. The van der Waals surface area contributed by atoms with Gasteiger partial charge in [0.05, 0.1) is 62.3 Å². The van der Waals surface area contributed by atoms with E-state index in [0.29, 0.717) is 30.8 Å². The first kappa shape index (κ1) is 53.7. The van der Waals surface area contributed by atoms with Gasteiger partial charge in [-0.3, -0.25) is 19.3 Å². The number of para-hydroxylation sites is 1. The number of methoxy groups -OCH3 is 2. The molecule has 0 saturated carbocycles. The van der Waals surface area contributed by atoms with Crippen molar-refractivity contribution in [3.63, 3.8) is 0 Å². The number of aromatic nitrogens is 4. The predicted octanol–water partition coefficient (Wildman–Crippen LogP) is 5.30. The van der Waals surface area contributed by atoms with Crippen molar-refractivity contribution in [2.24, 2.45) is 23.7 Å². The van der Waals surface area contributed by atoms with Gasteiger partial charge in [0.25, 0.3) is 0 Å². The van der Waals surface area contributed by atoms with Crippen molar-refractivity contribution in [3.05, 3.63) is 78.0 Å². The number of hydrogen-bond acceptors (Lipinski definition) is 17. The number of fused-ring (bicyclic) bond motifs is 1. The van der Waals surface area contributed by atoms with Crippen LogP contribution in [0.5, 0.6) is 0 Å². The topological polar surface area (TPSA) is 227 Å². The number of ether oxygens (including phenoxy) is 7. The van der Waals surface area contributed by atoms with Crippen LogP contribution in [0.3, 0.4) is 0 Å². The first-order chi connectivity index (χ1) is 32.9. The molecule has 3 aromatic rings. The number of ketones is 1. The highest BCUT2D eigenvalue weighted by Gasteiger charge is 2.47. The van der Waals surface area contributed by atoms with Crippen LogP contribution in [0.1, 0.15) is 73.6 Å². The molecule has 18 heteroatoms. The highest BCUT2D eigenvalue weighted by Crippen LogP contribution is 2.36. The molecule has 0 radical (unpaired) electrons. The third kappa shape index (κ3) is 13.4. The number of allylic oxidation sites excluding steroid dienone is 3. The summed E-state index contributed by atoms with van der Waals surface area (Å²) in [5.74, 6) is -2.86. The Balaban J connectivity index is 1.30. The van der Waals surface area contributed by atoms with Crippen LogP contribution in [0.4, 0.5) is 0 Å². The fourth-order valence-electron chi connectivity index (χ4n) is 9.59. The second-order valence-electron chi connectivity index (χ2n) is 19.1. The standard InChI is InChI=1S/C51H73N5O13/c1-11-41-36(27-65-50-43(64-10)24-42(63-9)46(60)31(5)66-50)20-28(2)16-17-39(57)29(3)21-34(18-19-56-26-38(53-54-56)35-22-33-14-12-13-15-37(33)52-25-35)49(30(4)40(58)23-44(59)68-41)69-51-48(62)45(55(7)8)47(61)32(6)67-51/h12-17,20,22,25-26,29-32,34,36,40-41,43,45,47-51,58,60-62H,11,18-19,21,23-24,27H2,1-10H3/b17-16+,28-20+/t29-,30+,31?,32-,34+,36-,40-,41-,43?,45?,47-,48?,49-,50-,51+/m1/s1. The Morgan fingerprint density at radius 1 is 0.971 bits per heavy atom. The minimum Gasteiger partial charge on any atom is -0.506 e. The number of esters is 1. The summed E-state index contributed by atoms with van der Waals surface area (Å²) in [7, 11) is 6.48. The van der Waals surface area contributed by atoms with Gasteiger partial charge < -0.3 is 58.5 Å². The summed E-state index contributed by atoms with van der Waals surface area (Å²) in [5, 5.41) is 55.4. The van der Waals surface area contributed by atoms with Crippen LogP contribution in [0.25, 0.3) is 22.2 Å². The fourth-order valence-corrected chi connectivity index (χ4v) is 9.59. The van der Waals surface area contributed by atoms with Crippen molar-refractivity contribution in [1.29, 1.82) is 0 Å².